The van der Waals surface area contributed by atoms with E-state index in [4.69, 9.17) is 0 Å². The average Bonchev–Trinajstić information content (AvgIpc) is 3.10. The molecule has 0 unspecified atom stereocenters. The zero-order chi connectivity index (χ0) is 20.9. The molecule has 3 rings (SSSR count). The van der Waals surface area contributed by atoms with Crippen molar-refractivity contribution in [1.82, 2.24) is 14.9 Å². The van der Waals surface area contributed by atoms with Crippen LogP contribution in [0.25, 0.3) is 0 Å². The second-order valence-corrected chi connectivity index (χ2v) is 8.85. The van der Waals surface area contributed by atoms with E-state index in [0.29, 0.717) is 18.5 Å². The lowest BCUT2D eigenvalue weighted by Gasteiger charge is -2.16. The van der Waals surface area contributed by atoms with Gasteiger partial charge in [0.1, 0.15) is 0 Å². The molecule has 2 amide bonds. The van der Waals surface area contributed by atoms with Crippen molar-refractivity contribution in [3.05, 3.63) is 65.2 Å². The summed E-state index contributed by atoms with van der Waals surface area (Å²) in [6, 6.07) is 13.7. The van der Waals surface area contributed by atoms with Gasteiger partial charge in [-0.3, -0.25) is 9.59 Å². The monoisotopic (exact) mass is 415 g/mol. The fourth-order valence-corrected chi connectivity index (χ4v) is 4.20. The Balaban J connectivity index is 1.50. The molecule has 1 aliphatic rings. The van der Waals surface area contributed by atoms with Crippen molar-refractivity contribution in [2.75, 3.05) is 19.6 Å². The number of hydrogen-bond acceptors (Lipinski definition) is 4. The molecule has 2 aromatic carbocycles. The number of aryl methyl sites for hydroxylation is 1. The third-order valence-corrected chi connectivity index (χ3v) is 6.24. The van der Waals surface area contributed by atoms with Crippen molar-refractivity contribution in [2.24, 2.45) is 0 Å². The topological polar surface area (TPSA) is 95.6 Å². The van der Waals surface area contributed by atoms with Gasteiger partial charge in [-0.1, -0.05) is 29.8 Å². The van der Waals surface area contributed by atoms with Crippen LogP contribution in [-0.4, -0.2) is 44.8 Å². The van der Waals surface area contributed by atoms with Crippen LogP contribution in [0.2, 0.25) is 0 Å². The van der Waals surface area contributed by atoms with Gasteiger partial charge in [-0.2, -0.15) is 0 Å². The number of sulfonamides is 1. The molecule has 0 saturated carbocycles. The van der Waals surface area contributed by atoms with Gasteiger partial charge in [0.25, 0.3) is 5.91 Å². The van der Waals surface area contributed by atoms with E-state index in [9.17, 15) is 18.0 Å². The van der Waals surface area contributed by atoms with Gasteiger partial charge in [-0.05, 0) is 43.2 Å². The average molecular weight is 416 g/mol. The maximum atomic E-state index is 12.4. The standard InChI is InChI=1S/C21H25N3O4S/c1-16-7-9-19(10-8-16)29(27,28)23-12-11-22-21(26)18-5-2-4-17(14-18)15-24-13-3-6-20(24)25/h2,4-5,7-10,14,23H,3,6,11-13,15H2,1H3,(H,22,26). The number of nitrogens with one attached hydrogen (secondary N) is 2. The van der Waals surface area contributed by atoms with Crippen molar-refractivity contribution in [2.45, 2.75) is 31.2 Å². The fraction of sp³-hybridized carbons (Fsp3) is 0.333. The molecule has 1 aliphatic heterocycles. The van der Waals surface area contributed by atoms with Crippen LogP contribution in [0.5, 0.6) is 0 Å². The van der Waals surface area contributed by atoms with Gasteiger partial charge in [0, 0.05) is 38.2 Å². The Labute approximate surface area is 171 Å². The molecule has 154 valence electrons. The van der Waals surface area contributed by atoms with Crippen LogP contribution in [0.15, 0.2) is 53.4 Å². The van der Waals surface area contributed by atoms with Crippen LogP contribution < -0.4 is 10.0 Å². The number of hydrogen-bond donors (Lipinski definition) is 2. The van der Waals surface area contributed by atoms with Crippen molar-refractivity contribution in [1.29, 1.82) is 0 Å². The van der Waals surface area contributed by atoms with Crippen molar-refractivity contribution >= 4 is 21.8 Å². The first kappa shape index (κ1) is 21.0. The summed E-state index contributed by atoms with van der Waals surface area (Å²) >= 11 is 0. The van der Waals surface area contributed by atoms with E-state index in [1.807, 2.05) is 13.0 Å². The second-order valence-electron chi connectivity index (χ2n) is 7.09. The normalized spacial score (nSPS) is 14.2. The largest absolute Gasteiger partial charge is 0.351 e. The summed E-state index contributed by atoms with van der Waals surface area (Å²) < 4.78 is 27.0. The molecule has 0 aromatic heterocycles. The zero-order valence-corrected chi connectivity index (χ0v) is 17.2. The molecule has 0 radical (unpaired) electrons. The quantitative estimate of drug-likeness (QED) is 0.643. The van der Waals surface area contributed by atoms with E-state index >= 15 is 0 Å². The fourth-order valence-electron chi connectivity index (χ4n) is 3.17. The molecule has 2 N–H and O–H groups in total. The van der Waals surface area contributed by atoms with Crippen LogP contribution in [0, 0.1) is 6.92 Å². The molecule has 0 aliphatic carbocycles. The molecule has 7 nitrogen and oxygen atoms in total. The summed E-state index contributed by atoms with van der Waals surface area (Å²) in [6.45, 7) is 3.38. The minimum atomic E-state index is -3.60. The highest BCUT2D eigenvalue weighted by Gasteiger charge is 2.20. The molecule has 0 spiro atoms. The smallest absolute Gasteiger partial charge is 0.251 e. The number of carbonyl (C=O) groups excluding carboxylic acids is 2. The SMILES string of the molecule is Cc1ccc(S(=O)(=O)NCCNC(=O)c2cccc(CN3CCCC3=O)c2)cc1. The Morgan fingerprint density at radius 2 is 1.86 bits per heavy atom. The molecule has 1 heterocycles. The second kappa shape index (κ2) is 9.19. The first-order chi connectivity index (χ1) is 13.8. The van der Waals surface area contributed by atoms with Gasteiger partial charge in [-0.15, -0.1) is 0 Å². The molecule has 2 aromatic rings. The molecule has 1 fully saturated rings. The van der Waals surface area contributed by atoms with Gasteiger partial charge in [0.05, 0.1) is 4.90 Å². The predicted octanol–water partition coefficient (Wildman–Crippen LogP) is 1.83. The van der Waals surface area contributed by atoms with Gasteiger partial charge in [0.2, 0.25) is 15.9 Å². The van der Waals surface area contributed by atoms with Gasteiger partial charge >= 0.3 is 0 Å². The number of benzene rings is 2. The summed E-state index contributed by atoms with van der Waals surface area (Å²) in [5.41, 5.74) is 2.36. The van der Waals surface area contributed by atoms with Gasteiger partial charge < -0.3 is 10.2 Å². The van der Waals surface area contributed by atoms with Crippen molar-refractivity contribution < 1.29 is 18.0 Å². The summed E-state index contributed by atoms with van der Waals surface area (Å²) in [6.07, 6.45) is 1.45. The lowest BCUT2D eigenvalue weighted by molar-refractivity contribution is -0.128. The summed E-state index contributed by atoms with van der Waals surface area (Å²) in [4.78, 5) is 26.1. The third kappa shape index (κ3) is 5.65. The summed E-state index contributed by atoms with van der Waals surface area (Å²) in [5.74, 6) is -0.144. The number of amides is 2. The van der Waals surface area contributed by atoms with Crippen molar-refractivity contribution in [3.63, 3.8) is 0 Å². The highest BCUT2D eigenvalue weighted by Crippen LogP contribution is 2.15. The summed E-state index contributed by atoms with van der Waals surface area (Å²) in [7, 11) is -3.60. The van der Waals surface area contributed by atoms with E-state index in [2.05, 4.69) is 10.0 Å². The van der Waals surface area contributed by atoms with Gasteiger partial charge in [0.15, 0.2) is 0 Å². The van der Waals surface area contributed by atoms with E-state index in [-0.39, 0.29) is 29.8 Å². The number of carbonyl (C=O) groups is 2. The molecule has 0 bridgehead atoms. The predicted molar refractivity (Wildman–Crippen MR) is 110 cm³/mol. The minimum Gasteiger partial charge on any atom is -0.351 e. The lowest BCUT2D eigenvalue weighted by atomic mass is 10.1. The van der Waals surface area contributed by atoms with Crippen LogP contribution >= 0.6 is 0 Å². The Hall–Kier alpha value is -2.71. The first-order valence-corrected chi connectivity index (χ1v) is 11.0. The maximum Gasteiger partial charge on any atom is 0.251 e. The Kier molecular flexibility index (Phi) is 6.66. The van der Waals surface area contributed by atoms with E-state index in [0.717, 1.165) is 24.1 Å². The van der Waals surface area contributed by atoms with Crippen LogP contribution in [0.3, 0.4) is 0 Å². The molecule has 1 saturated heterocycles. The minimum absolute atomic E-state index is 0.0872. The molecule has 0 atom stereocenters. The molecular weight excluding hydrogens is 390 g/mol. The Morgan fingerprint density at radius 1 is 1.10 bits per heavy atom. The lowest BCUT2D eigenvalue weighted by Crippen LogP contribution is -2.34. The van der Waals surface area contributed by atoms with Crippen LogP contribution in [-0.2, 0) is 21.4 Å². The van der Waals surface area contributed by atoms with Gasteiger partial charge in [-0.25, -0.2) is 13.1 Å². The van der Waals surface area contributed by atoms with E-state index in [1.165, 1.54) is 0 Å². The first-order valence-electron chi connectivity index (χ1n) is 9.56. The van der Waals surface area contributed by atoms with Crippen LogP contribution in [0.1, 0.15) is 34.3 Å². The zero-order valence-electron chi connectivity index (χ0n) is 16.3. The Morgan fingerprint density at radius 3 is 2.55 bits per heavy atom. The number of likely N-dealkylation sites (tertiary alicyclic amines) is 1. The third-order valence-electron chi connectivity index (χ3n) is 4.77. The highest BCUT2D eigenvalue weighted by atomic mass is 32.2. The van der Waals surface area contributed by atoms with Crippen LogP contribution in [0.4, 0.5) is 0 Å². The van der Waals surface area contributed by atoms with E-state index in [1.54, 1.807) is 47.4 Å². The number of nitrogens with zero attached hydrogens (tertiary/aromatic N) is 1. The molecule has 8 heteroatoms. The molecule has 29 heavy (non-hydrogen) atoms. The molecular formula is C21H25N3O4S. The number of rotatable bonds is 8. The highest BCUT2D eigenvalue weighted by molar-refractivity contribution is 7.89. The summed E-state index contributed by atoms with van der Waals surface area (Å²) in [5, 5.41) is 2.72. The maximum absolute atomic E-state index is 12.4. The Bertz CT molecular complexity index is 987. The van der Waals surface area contributed by atoms with E-state index < -0.39 is 10.0 Å². The van der Waals surface area contributed by atoms with Crippen molar-refractivity contribution in [3.8, 4) is 0 Å².